The quantitative estimate of drug-likeness (QED) is 0.472. The zero-order valence-corrected chi connectivity index (χ0v) is 20.7. The zero-order valence-electron chi connectivity index (χ0n) is 20.7. The molecule has 1 atom stereocenters. The molecule has 0 aliphatic carbocycles. The van der Waals surface area contributed by atoms with Gasteiger partial charge in [-0.25, -0.2) is 0 Å². The minimum absolute atomic E-state index is 0.0995. The van der Waals surface area contributed by atoms with E-state index in [4.69, 9.17) is 20.6 Å². The van der Waals surface area contributed by atoms with E-state index in [2.05, 4.69) is 5.32 Å². The third kappa shape index (κ3) is 5.45. The third-order valence-corrected chi connectivity index (χ3v) is 5.77. The molecule has 4 N–H and O–H groups in total. The van der Waals surface area contributed by atoms with E-state index in [0.29, 0.717) is 34.8 Å². The molecular weight excluding hydrogens is 448 g/mol. The van der Waals surface area contributed by atoms with Crippen LogP contribution in [0, 0.1) is 5.41 Å². The lowest BCUT2D eigenvalue weighted by molar-refractivity contribution is -0.124. The highest BCUT2D eigenvalue weighted by Gasteiger charge is 2.40. The number of hydrogen-bond acceptors (Lipinski definition) is 6. The van der Waals surface area contributed by atoms with E-state index in [0.717, 1.165) is 5.56 Å². The summed E-state index contributed by atoms with van der Waals surface area (Å²) in [5, 5.41) is 11.3. The van der Waals surface area contributed by atoms with Crippen molar-refractivity contribution < 1.29 is 23.9 Å². The number of nitrogens with two attached hydrogens (primary N) is 1. The van der Waals surface area contributed by atoms with E-state index in [1.165, 1.54) is 11.9 Å². The number of primary amides is 1. The van der Waals surface area contributed by atoms with Crippen LogP contribution in [-0.4, -0.2) is 55.1 Å². The van der Waals surface area contributed by atoms with Crippen LogP contribution in [-0.2, 0) is 15.0 Å². The lowest BCUT2D eigenvalue weighted by Gasteiger charge is -2.26. The van der Waals surface area contributed by atoms with Gasteiger partial charge in [0, 0.05) is 23.7 Å². The summed E-state index contributed by atoms with van der Waals surface area (Å²) in [6.45, 7) is 7.82. The number of nitrogens with one attached hydrogen (secondary N) is 2. The van der Waals surface area contributed by atoms with Gasteiger partial charge >= 0.3 is 0 Å². The lowest BCUT2D eigenvalue weighted by Crippen LogP contribution is -2.40. The predicted molar refractivity (Wildman–Crippen MR) is 132 cm³/mol. The molecule has 35 heavy (non-hydrogen) atoms. The summed E-state index contributed by atoms with van der Waals surface area (Å²) in [7, 11) is 1.52. The summed E-state index contributed by atoms with van der Waals surface area (Å²) >= 11 is 0. The number of ketones is 1. The largest absolute Gasteiger partial charge is 0.494 e. The maximum Gasteiger partial charge on any atom is 0.255 e. The molecule has 1 heterocycles. The first kappa shape index (κ1) is 25.7. The second-order valence-electron chi connectivity index (χ2n) is 9.31. The maximum absolute atomic E-state index is 13.4. The molecular formula is C26H32N4O5. The number of likely N-dealkylation sites (N-methyl/N-ethyl adjacent to an activating group) is 1. The average molecular weight is 481 g/mol. The summed E-state index contributed by atoms with van der Waals surface area (Å²) in [5.74, 6) is 0.00430. The molecule has 2 aromatic carbocycles. The van der Waals surface area contributed by atoms with Crippen LogP contribution in [0.1, 0.15) is 60.8 Å². The summed E-state index contributed by atoms with van der Waals surface area (Å²) in [6, 6.07) is 9.41. The number of rotatable bonds is 9. The van der Waals surface area contributed by atoms with E-state index in [1.54, 1.807) is 36.4 Å². The highest BCUT2D eigenvalue weighted by Crippen LogP contribution is 2.37. The molecule has 186 valence electrons. The van der Waals surface area contributed by atoms with Crippen molar-refractivity contribution in [1.29, 1.82) is 5.41 Å². The summed E-state index contributed by atoms with van der Waals surface area (Å²) < 4.78 is 11.1. The van der Waals surface area contributed by atoms with Crippen molar-refractivity contribution >= 4 is 23.4 Å². The summed E-state index contributed by atoms with van der Waals surface area (Å²) in [5.41, 5.74) is 7.20. The smallest absolute Gasteiger partial charge is 0.255 e. The Morgan fingerprint density at radius 3 is 2.43 bits per heavy atom. The molecule has 9 heteroatoms. The summed E-state index contributed by atoms with van der Waals surface area (Å²) in [6.07, 6.45) is 0. The number of nitrogens with zero attached hydrogens (tertiary/aromatic N) is 1. The van der Waals surface area contributed by atoms with Crippen molar-refractivity contribution in [2.75, 3.05) is 26.8 Å². The van der Waals surface area contributed by atoms with Gasteiger partial charge in [0.05, 0.1) is 13.2 Å². The van der Waals surface area contributed by atoms with Gasteiger partial charge in [-0.15, -0.1) is 0 Å². The van der Waals surface area contributed by atoms with Crippen LogP contribution < -0.4 is 20.5 Å². The van der Waals surface area contributed by atoms with Gasteiger partial charge in [0.2, 0.25) is 5.91 Å². The van der Waals surface area contributed by atoms with Gasteiger partial charge in [-0.1, -0.05) is 20.8 Å². The standard InChI is InChI=1S/C26H32N4O5/c1-6-34-16-8-9-17-18(12-16)23(25(33)29-5)30(24(17)28)13-20(31)15-7-10-21(35-14-22(27)32)19(11-15)26(2,3)4/h7-12,23,28H,6,13-14H2,1-5H3,(H2,27,32)(H,29,33). The molecule has 0 bridgehead atoms. The van der Waals surface area contributed by atoms with E-state index in [9.17, 15) is 14.4 Å². The van der Waals surface area contributed by atoms with Crippen molar-refractivity contribution in [1.82, 2.24) is 10.2 Å². The van der Waals surface area contributed by atoms with Crippen molar-refractivity contribution in [3.05, 3.63) is 58.7 Å². The number of amidine groups is 1. The van der Waals surface area contributed by atoms with E-state index >= 15 is 0 Å². The van der Waals surface area contributed by atoms with E-state index < -0.39 is 11.9 Å². The normalized spacial score (nSPS) is 14.9. The fourth-order valence-electron chi connectivity index (χ4n) is 4.09. The minimum atomic E-state index is -0.827. The molecule has 0 fully saturated rings. The number of hydrogen-bond donors (Lipinski definition) is 3. The molecule has 2 aromatic rings. The first-order valence-electron chi connectivity index (χ1n) is 11.4. The number of fused-ring (bicyclic) bond motifs is 1. The van der Waals surface area contributed by atoms with Crippen molar-refractivity contribution in [3.8, 4) is 11.5 Å². The summed E-state index contributed by atoms with van der Waals surface area (Å²) in [4.78, 5) is 38.9. The van der Waals surface area contributed by atoms with Gasteiger partial charge in [-0.3, -0.25) is 19.8 Å². The molecule has 0 saturated carbocycles. The van der Waals surface area contributed by atoms with Crippen LogP contribution >= 0.6 is 0 Å². The average Bonchev–Trinajstić information content (AvgIpc) is 3.07. The monoisotopic (exact) mass is 480 g/mol. The number of ether oxygens (including phenoxy) is 2. The first-order chi connectivity index (χ1) is 16.5. The van der Waals surface area contributed by atoms with Crippen molar-refractivity contribution in [2.24, 2.45) is 5.73 Å². The van der Waals surface area contributed by atoms with Crippen LogP contribution in [0.2, 0.25) is 0 Å². The Kier molecular flexibility index (Phi) is 7.48. The van der Waals surface area contributed by atoms with Gasteiger partial charge < -0.3 is 25.4 Å². The molecule has 1 aliphatic heterocycles. The number of amides is 2. The van der Waals surface area contributed by atoms with Crippen LogP contribution in [0.25, 0.3) is 0 Å². The zero-order chi connectivity index (χ0) is 25.9. The van der Waals surface area contributed by atoms with Crippen LogP contribution in [0.3, 0.4) is 0 Å². The third-order valence-electron chi connectivity index (χ3n) is 5.77. The van der Waals surface area contributed by atoms with Crippen molar-refractivity contribution in [3.63, 3.8) is 0 Å². The Morgan fingerprint density at radius 1 is 1.11 bits per heavy atom. The Hall–Kier alpha value is -3.88. The Morgan fingerprint density at radius 2 is 1.83 bits per heavy atom. The molecule has 0 aromatic heterocycles. The first-order valence-corrected chi connectivity index (χ1v) is 11.4. The fraction of sp³-hybridized carbons (Fsp3) is 0.385. The van der Waals surface area contributed by atoms with Gasteiger partial charge in [0.1, 0.15) is 23.4 Å². The van der Waals surface area contributed by atoms with Gasteiger partial charge in [-0.2, -0.15) is 0 Å². The fourth-order valence-corrected chi connectivity index (χ4v) is 4.09. The number of carbonyl (C=O) groups is 3. The maximum atomic E-state index is 13.4. The molecule has 9 nitrogen and oxygen atoms in total. The molecule has 1 unspecified atom stereocenters. The SMILES string of the molecule is CCOc1ccc2c(c1)C(C(=O)NC)N(CC(=O)c1ccc(OCC(N)=O)c(C(C)(C)C)c1)C2=N. The number of carbonyl (C=O) groups excluding carboxylic acids is 3. The second-order valence-corrected chi connectivity index (χ2v) is 9.31. The van der Waals surface area contributed by atoms with Gasteiger partial charge in [0.25, 0.3) is 5.91 Å². The number of benzene rings is 2. The van der Waals surface area contributed by atoms with Crippen LogP contribution in [0.4, 0.5) is 0 Å². The molecule has 0 radical (unpaired) electrons. The molecule has 0 saturated heterocycles. The Bertz CT molecular complexity index is 1170. The van der Waals surface area contributed by atoms with E-state index in [-0.39, 0.29) is 36.1 Å². The molecule has 3 rings (SSSR count). The molecule has 1 aliphatic rings. The topological polar surface area (TPSA) is 135 Å². The van der Waals surface area contributed by atoms with Crippen LogP contribution in [0.15, 0.2) is 36.4 Å². The van der Waals surface area contributed by atoms with Crippen LogP contribution in [0.5, 0.6) is 11.5 Å². The van der Waals surface area contributed by atoms with Crippen molar-refractivity contribution in [2.45, 2.75) is 39.2 Å². The highest BCUT2D eigenvalue weighted by molar-refractivity contribution is 6.09. The molecule has 2 amide bonds. The number of Topliss-reactive ketones (excluding diaryl/α,β-unsaturated/α-hetero) is 1. The Labute approximate surface area is 205 Å². The van der Waals surface area contributed by atoms with Gasteiger partial charge in [0.15, 0.2) is 12.4 Å². The predicted octanol–water partition coefficient (Wildman–Crippen LogP) is 2.56. The lowest BCUT2D eigenvalue weighted by atomic mass is 9.85. The Balaban J connectivity index is 1.93. The molecule has 0 spiro atoms. The van der Waals surface area contributed by atoms with Gasteiger partial charge in [-0.05, 0) is 54.3 Å². The minimum Gasteiger partial charge on any atom is -0.494 e. The second kappa shape index (κ2) is 10.2. The van der Waals surface area contributed by atoms with E-state index in [1.807, 2.05) is 27.7 Å². The highest BCUT2D eigenvalue weighted by atomic mass is 16.5.